The molecule has 0 unspecified atom stereocenters. The molecule has 1 amide bonds. The molecule has 2 heterocycles. The lowest BCUT2D eigenvalue weighted by Gasteiger charge is -2.50. The number of nitrogens with one attached hydrogen (secondary N) is 1. The Labute approximate surface area is 273 Å². The molecule has 4 aliphatic rings. The van der Waals surface area contributed by atoms with Gasteiger partial charge in [-0.05, 0) is 111 Å². The number of hydrogen-bond acceptors (Lipinski definition) is 6. The summed E-state index contributed by atoms with van der Waals surface area (Å²) in [6.07, 6.45) is 12.4. The highest BCUT2D eigenvalue weighted by molar-refractivity contribution is 7.90. The fourth-order valence-corrected chi connectivity index (χ4v) is 9.58. The summed E-state index contributed by atoms with van der Waals surface area (Å²) in [5.41, 5.74) is 2.87. The maximum atomic E-state index is 13.5. The van der Waals surface area contributed by atoms with Crippen LogP contribution in [0.3, 0.4) is 0 Å². The topological polar surface area (TPSA) is 84.9 Å². The summed E-state index contributed by atoms with van der Waals surface area (Å²) < 4.78 is 42.0. The van der Waals surface area contributed by atoms with Crippen LogP contribution >= 0.6 is 11.6 Å². The van der Waals surface area contributed by atoms with Gasteiger partial charge < -0.3 is 14.4 Å². The van der Waals surface area contributed by atoms with Crippen LogP contribution in [0.25, 0.3) is 0 Å². The molecule has 0 radical (unpaired) electrons. The van der Waals surface area contributed by atoms with Crippen molar-refractivity contribution in [1.29, 1.82) is 0 Å². The van der Waals surface area contributed by atoms with Crippen molar-refractivity contribution in [1.82, 2.24) is 4.72 Å². The Hall–Kier alpha value is -2.81. The zero-order chi connectivity index (χ0) is 32.0. The fraction of sp³-hybridized carbons (Fsp3) is 0.528. The zero-order valence-corrected chi connectivity index (χ0v) is 28.1. The van der Waals surface area contributed by atoms with E-state index in [1.165, 1.54) is 11.1 Å². The molecule has 6 rings (SSSR count). The molecule has 2 aromatic rings. The van der Waals surface area contributed by atoms with Crippen LogP contribution in [-0.4, -0.2) is 52.0 Å². The van der Waals surface area contributed by atoms with E-state index in [0.29, 0.717) is 43.2 Å². The van der Waals surface area contributed by atoms with Gasteiger partial charge >= 0.3 is 0 Å². The van der Waals surface area contributed by atoms with E-state index in [9.17, 15) is 13.2 Å². The van der Waals surface area contributed by atoms with E-state index < -0.39 is 26.8 Å². The summed E-state index contributed by atoms with van der Waals surface area (Å²) in [5, 5.41) is -0.0290. The van der Waals surface area contributed by atoms with Gasteiger partial charge in [0.25, 0.3) is 5.91 Å². The number of allylic oxidation sites excluding steroid dienone is 1. The number of rotatable bonds is 3. The van der Waals surface area contributed by atoms with Crippen LogP contribution in [0, 0.1) is 17.8 Å². The minimum absolute atomic E-state index is 0.213. The Bertz CT molecular complexity index is 1610. The van der Waals surface area contributed by atoms with Gasteiger partial charge in [0.05, 0.1) is 23.1 Å². The molecule has 1 spiro atoms. The molecule has 242 valence electrons. The quantitative estimate of drug-likeness (QED) is 0.366. The maximum Gasteiger partial charge on any atom is 0.264 e. The van der Waals surface area contributed by atoms with Crippen LogP contribution in [0.5, 0.6) is 5.75 Å². The molecule has 1 fully saturated rings. The number of nitrogens with zero attached hydrogens (tertiary/aromatic N) is 1. The summed E-state index contributed by atoms with van der Waals surface area (Å²) in [6, 6.07) is 11.5. The summed E-state index contributed by atoms with van der Waals surface area (Å²) in [7, 11) is -2.15. The Balaban J connectivity index is 1.46. The van der Waals surface area contributed by atoms with Crippen LogP contribution < -0.4 is 14.4 Å². The molecular formula is C36H45ClN2O5S. The van der Waals surface area contributed by atoms with Crippen molar-refractivity contribution in [3.05, 3.63) is 82.9 Å². The largest absolute Gasteiger partial charge is 0.490 e. The predicted molar refractivity (Wildman–Crippen MR) is 180 cm³/mol. The second-order valence-electron chi connectivity index (χ2n) is 13.7. The van der Waals surface area contributed by atoms with Crippen LogP contribution in [-0.2, 0) is 26.6 Å². The molecule has 0 saturated heterocycles. The van der Waals surface area contributed by atoms with Crippen molar-refractivity contribution in [3.8, 4) is 5.75 Å². The molecule has 2 aliphatic heterocycles. The smallest absolute Gasteiger partial charge is 0.264 e. The molecule has 0 aromatic heterocycles. The number of fused-ring (bicyclic) bond motifs is 4. The number of carbonyl (C=O) groups is 1. The highest BCUT2D eigenvalue weighted by atomic mass is 35.5. The number of aryl methyl sites for hydroxylation is 1. The number of hydrogen-bond donors (Lipinski definition) is 1. The Morgan fingerprint density at radius 1 is 1.20 bits per heavy atom. The molecule has 45 heavy (non-hydrogen) atoms. The Morgan fingerprint density at radius 2 is 2.02 bits per heavy atom. The molecule has 2 aliphatic carbocycles. The summed E-state index contributed by atoms with van der Waals surface area (Å²) in [5.74, 6) is 0.467. The summed E-state index contributed by atoms with van der Waals surface area (Å²) >= 11 is 6.43. The Morgan fingerprint density at radius 3 is 2.76 bits per heavy atom. The monoisotopic (exact) mass is 652 g/mol. The second kappa shape index (κ2) is 12.4. The highest BCUT2D eigenvalue weighted by Crippen LogP contribution is 2.50. The first-order valence-electron chi connectivity index (χ1n) is 16.2. The van der Waals surface area contributed by atoms with E-state index in [4.69, 9.17) is 21.1 Å². The standard InChI is InChI=1S/C36H45ClN2O5S/c1-5-16-36(43-4)18-6-8-24(2)25(3)45(41,42)38-34(40)27-11-15-33-32(20-27)39(21-28-10-13-31(28)36)22-35(23-44-33)17-7-9-26-19-29(37)12-14-30(26)35/h5-6,11-12,14-15,18-20,24-25,28,31H,1,7-10,13,16-17,21-23H2,2-4H3,(H,38,40)/b18-6+/t24-,25+,28-,31+,35-,36+/m0/s1. The van der Waals surface area contributed by atoms with Gasteiger partial charge in [-0.25, -0.2) is 13.1 Å². The minimum atomic E-state index is -3.93. The first-order chi connectivity index (χ1) is 21.5. The number of carbonyl (C=O) groups excluding carboxylic acids is 1. The number of halogens is 1. The zero-order valence-electron chi connectivity index (χ0n) is 26.6. The van der Waals surface area contributed by atoms with E-state index in [2.05, 4.69) is 40.5 Å². The number of anilines is 1. The second-order valence-corrected chi connectivity index (χ2v) is 16.2. The van der Waals surface area contributed by atoms with Gasteiger partial charge in [-0.2, -0.15) is 0 Å². The number of ether oxygens (including phenoxy) is 2. The number of amides is 1. The SMILES string of the molecule is C=CC[C@@]1(OC)/C=C/C[C@H](C)[C@@H](C)S(=O)(=O)NC(=O)c2ccc3c(c2)N(C[C@@H]2CC[C@H]21)C[C@@]1(CCCc2cc(Cl)ccc21)CO3. The molecule has 9 heteroatoms. The van der Waals surface area contributed by atoms with E-state index in [1.54, 1.807) is 20.1 Å². The van der Waals surface area contributed by atoms with Crippen molar-refractivity contribution in [2.75, 3.05) is 31.7 Å². The minimum Gasteiger partial charge on any atom is -0.490 e. The molecule has 1 saturated carbocycles. The molecule has 2 aromatic carbocycles. The third-order valence-electron chi connectivity index (χ3n) is 11.1. The van der Waals surface area contributed by atoms with Crippen molar-refractivity contribution in [2.45, 2.75) is 75.1 Å². The number of benzene rings is 2. The van der Waals surface area contributed by atoms with Crippen LogP contribution in [0.15, 0.2) is 61.2 Å². The lowest BCUT2D eigenvalue weighted by molar-refractivity contribution is -0.0728. The lowest BCUT2D eigenvalue weighted by atomic mass is 9.63. The average Bonchev–Trinajstić information content (AvgIpc) is 3.15. The van der Waals surface area contributed by atoms with Crippen molar-refractivity contribution >= 4 is 33.2 Å². The van der Waals surface area contributed by atoms with E-state index >= 15 is 0 Å². The third-order valence-corrected chi connectivity index (χ3v) is 13.2. The fourth-order valence-electron chi connectivity index (χ4n) is 8.10. The van der Waals surface area contributed by atoms with Gasteiger partial charge in [-0.3, -0.25) is 4.79 Å². The van der Waals surface area contributed by atoms with Crippen LogP contribution in [0.4, 0.5) is 5.69 Å². The van der Waals surface area contributed by atoms with Crippen molar-refractivity contribution < 1.29 is 22.7 Å². The van der Waals surface area contributed by atoms with Crippen molar-refractivity contribution in [2.24, 2.45) is 17.8 Å². The summed E-state index contributed by atoms with van der Waals surface area (Å²) in [4.78, 5) is 15.9. The van der Waals surface area contributed by atoms with Crippen molar-refractivity contribution in [3.63, 3.8) is 0 Å². The Kier molecular flexibility index (Phi) is 8.87. The first kappa shape index (κ1) is 32.1. The predicted octanol–water partition coefficient (Wildman–Crippen LogP) is 6.84. The van der Waals surface area contributed by atoms with E-state index in [1.807, 2.05) is 31.2 Å². The highest BCUT2D eigenvalue weighted by Gasteiger charge is 2.48. The molecular weight excluding hydrogens is 608 g/mol. The van der Waals surface area contributed by atoms with Gasteiger partial charge in [-0.1, -0.05) is 42.8 Å². The van der Waals surface area contributed by atoms with E-state index in [-0.39, 0.29) is 17.3 Å². The molecule has 6 atom stereocenters. The van der Waals surface area contributed by atoms with Gasteiger partial charge in [0.1, 0.15) is 5.75 Å². The maximum absolute atomic E-state index is 13.5. The van der Waals surface area contributed by atoms with Gasteiger partial charge in [0.2, 0.25) is 10.0 Å². The summed E-state index contributed by atoms with van der Waals surface area (Å²) in [6.45, 7) is 9.61. The molecule has 2 bridgehead atoms. The van der Waals surface area contributed by atoms with Crippen LogP contribution in [0.2, 0.25) is 5.02 Å². The first-order valence-corrected chi connectivity index (χ1v) is 18.1. The van der Waals surface area contributed by atoms with E-state index in [0.717, 1.165) is 49.4 Å². The average molecular weight is 653 g/mol. The van der Waals surface area contributed by atoms with Gasteiger partial charge in [-0.15, -0.1) is 6.58 Å². The third kappa shape index (κ3) is 5.94. The number of sulfonamides is 1. The normalized spacial score (nSPS) is 33.4. The molecule has 1 N–H and O–H groups in total. The van der Waals surface area contributed by atoms with Crippen LogP contribution in [0.1, 0.15) is 73.9 Å². The number of methoxy groups -OCH3 is 1. The molecule has 7 nitrogen and oxygen atoms in total. The van der Waals surface area contributed by atoms with Gasteiger partial charge in [0, 0.05) is 36.2 Å². The van der Waals surface area contributed by atoms with Gasteiger partial charge in [0.15, 0.2) is 0 Å². The lowest BCUT2D eigenvalue weighted by Crippen LogP contribution is -2.53.